The van der Waals surface area contributed by atoms with Crippen LogP contribution < -0.4 is 5.73 Å². The van der Waals surface area contributed by atoms with Gasteiger partial charge in [0, 0.05) is 29.6 Å². The fourth-order valence-electron chi connectivity index (χ4n) is 2.15. The van der Waals surface area contributed by atoms with Crippen LogP contribution in [0.5, 0.6) is 0 Å². The maximum Gasteiger partial charge on any atom is 0.220 e. The number of hydrogen-bond acceptors (Lipinski definition) is 5. The molecule has 100 valence electrons. The summed E-state index contributed by atoms with van der Waals surface area (Å²) >= 11 is 0. The highest BCUT2D eigenvalue weighted by atomic mass is 15.2. The van der Waals surface area contributed by atoms with E-state index in [1.165, 1.54) is 0 Å². The molecule has 0 spiro atoms. The number of nitrogens with zero attached hydrogens (tertiary/aromatic N) is 5. The molecule has 3 aromatic rings. The zero-order chi connectivity index (χ0) is 14.1. The molecule has 0 bridgehead atoms. The van der Waals surface area contributed by atoms with Gasteiger partial charge in [-0.3, -0.25) is 0 Å². The molecule has 0 atom stereocenters. The summed E-state index contributed by atoms with van der Waals surface area (Å²) in [6, 6.07) is 3.79. The molecule has 3 rings (SSSR count). The van der Waals surface area contributed by atoms with Crippen LogP contribution in [-0.2, 0) is 0 Å². The van der Waals surface area contributed by atoms with E-state index in [1.54, 1.807) is 16.9 Å². The van der Waals surface area contributed by atoms with Crippen LogP contribution in [0.25, 0.3) is 11.2 Å². The van der Waals surface area contributed by atoms with Crippen molar-refractivity contribution >= 4 is 17.2 Å². The summed E-state index contributed by atoms with van der Waals surface area (Å²) in [6.45, 7) is 3.88. The van der Waals surface area contributed by atoms with Crippen molar-refractivity contribution in [1.82, 2.24) is 24.6 Å². The lowest BCUT2D eigenvalue weighted by atomic mass is 10.0. The quantitative estimate of drug-likeness (QED) is 0.765. The maximum absolute atomic E-state index is 5.60. The molecule has 0 saturated carbocycles. The molecule has 2 N–H and O–H groups in total. The normalized spacial score (nSPS) is 12.0. The van der Waals surface area contributed by atoms with Gasteiger partial charge in [0.2, 0.25) is 5.95 Å². The Labute approximate surface area is 116 Å². The number of hydrogen-bond donors (Lipinski definition) is 1. The Morgan fingerprint density at radius 2 is 2.15 bits per heavy atom. The Morgan fingerprint density at radius 3 is 2.90 bits per heavy atom. The van der Waals surface area contributed by atoms with E-state index in [1.807, 2.05) is 38.3 Å². The largest absolute Gasteiger partial charge is 0.368 e. The van der Waals surface area contributed by atoms with Gasteiger partial charge >= 0.3 is 0 Å². The summed E-state index contributed by atoms with van der Waals surface area (Å²) in [5, 5.41) is 4.14. The van der Waals surface area contributed by atoms with Crippen LogP contribution in [0.15, 0.2) is 36.8 Å². The van der Waals surface area contributed by atoms with Crippen LogP contribution in [-0.4, -0.2) is 24.6 Å². The Balaban J connectivity index is 2.13. The Morgan fingerprint density at radius 1 is 1.30 bits per heavy atom. The Kier molecular flexibility index (Phi) is 2.90. The van der Waals surface area contributed by atoms with Gasteiger partial charge in [0.1, 0.15) is 0 Å². The Bertz CT molecular complexity index is 802. The van der Waals surface area contributed by atoms with Gasteiger partial charge in [0.25, 0.3) is 0 Å². The molecular weight excluding hydrogens is 252 g/mol. The SMILES string of the molecule is C/C=C(/c1ccn2nccc2n1)c1cnc(N)nc1C. The third-order valence-electron chi connectivity index (χ3n) is 3.11. The molecule has 0 saturated heterocycles. The lowest BCUT2D eigenvalue weighted by molar-refractivity contribution is 0.935. The summed E-state index contributed by atoms with van der Waals surface area (Å²) in [6.07, 6.45) is 7.33. The van der Waals surface area contributed by atoms with Crippen LogP contribution in [0.1, 0.15) is 23.9 Å². The fourth-order valence-corrected chi connectivity index (χ4v) is 2.15. The van der Waals surface area contributed by atoms with Crippen molar-refractivity contribution in [3.8, 4) is 0 Å². The van der Waals surface area contributed by atoms with E-state index in [9.17, 15) is 0 Å². The van der Waals surface area contributed by atoms with E-state index in [-0.39, 0.29) is 5.95 Å². The smallest absolute Gasteiger partial charge is 0.220 e. The second-order valence-electron chi connectivity index (χ2n) is 4.38. The van der Waals surface area contributed by atoms with Gasteiger partial charge in [-0.15, -0.1) is 0 Å². The average molecular weight is 266 g/mol. The molecule has 3 aromatic heterocycles. The fraction of sp³-hybridized carbons (Fsp3) is 0.143. The van der Waals surface area contributed by atoms with Gasteiger partial charge in [-0.1, -0.05) is 6.08 Å². The van der Waals surface area contributed by atoms with E-state index in [0.717, 1.165) is 28.2 Å². The Hall–Kier alpha value is -2.76. The highest BCUT2D eigenvalue weighted by Crippen LogP contribution is 2.23. The molecule has 0 aliphatic rings. The first kappa shape index (κ1) is 12.3. The van der Waals surface area contributed by atoms with Crippen molar-refractivity contribution in [3.05, 3.63) is 53.8 Å². The van der Waals surface area contributed by atoms with E-state index in [0.29, 0.717) is 0 Å². The first-order valence-corrected chi connectivity index (χ1v) is 6.25. The first-order valence-electron chi connectivity index (χ1n) is 6.25. The monoisotopic (exact) mass is 266 g/mol. The molecule has 3 heterocycles. The van der Waals surface area contributed by atoms with Crippen molar-refractivity contribution in [2.24, 2.45) is 0 Å². The highest BCUT2D eigenvalue weighted by molar-refractivity contribution is 5.79. The summed E-state index contributed by atoms with van der Waals surface area (Å²) < 4.78 is 1.73. The second-order valence-corrected chi connectivity index (χ2v) is 4.38. The van der Waals surface area contributed by atoms with Crippen LogP contribution in [0.4, 0.5) is 5.95 Å². The molecule has 6 nitrogen and oxygen atoms in total. The molecule has 20 heavy (non-hydrogen) atoms. The van der Waals surface area contributed by atoms with E-state index >= 15 is 0 Å². The third-order valence-corrected chi connectivity index (χ3v) is 3.11. The minimum absolute atomic E-state index is 0.279. The van der Waals surface area contributed by atoms with Crippen LogP contribution >= 0.6 is 0 Å². The van der Waals surface area contributed by atoms with E-state index in [2.05, 4.69) is 20.1 Å². The van der Waals surface area contributed by atoms with Gasteiger partial charge in [-0.25, -0.2) is 19.5 Å². The maximum atomic E-state index is 5.60. The van der Waals surface area contributed by atoms with Crippen molar-refractivity contribution in [1.29, 1.82) is 0 Å². The van der Waals surface area contributed by atoms with Gasteiger partial charge in [0.15, 0.2) is 5.65 Å². The number of allylic oxidation sites excluding steroid dienone is 1. The van der Waals surface area contributed by atoms with Gasteiger partial charge < -0.3 is 5.73 Å². The second kappa shape index (κ2) is 4.73. The van der Waals surface area contributed by atoms with Crippen molar-refractivity contribution in [2.75, 3.05) is 5.73 Å². The number of aromatic nitrogens is 5. The number of fused-ring (bicyclic) bond motifs is 1. The number of aryl methyl sites for hydroxylation is 1. The number of nitrogens with two attached hydrogens (primary N) is 1. The highest BCUT2D eigenvalue weighted by Gasteiger charge is 2.11. The molecule has 0 amide bonds. The molecular formula is C14H14N6. The van der Waals surface area contributed by atoms with Crippen molar-refractivity contribution in [3.63, 3.8) is 0 Å². The lowest BCUT2D eigenvalue weighted by Gasteiger charge is -2.09. The first-order chi connectivity index (χ1) is 9.69. The van der Waals surface area contributed by atoms with E-state index in [4.69, 9.17) is 5.73 Å². The molecule has 6 heteroatoms. The van der Waals surface area contributed by atoms with Crippen LogP contribution in [0.3, 0.4) is 0 Å². The molecule has 0 unspecified atom stereocenters. The summed E-state index contributed by atoms with van der Waals surface area (Å²) in [5.41, 5.74) is 10.0. The van der Waals surface area contributed by atoms with Crippen molar-refractivity contribution in [2.45, 2.75) is 13.8 Å². The van der Waals surface area contributed by atoms with Crippen LogP contribution in [0, 0.1) is 6.92 Å². The molecule has 0 aromatic carbocycles. The summed E-state index contributed by atoms with van der Waals surface area (Å²) in [4.78, 5) is 12.9. The van der Waals surface area contributed by atoms with Crippen molar-refractivity contribution < 1.29 is 0 Å². The zero-order valence-corrected chi connectivity index (χ0v) is 11.3. The summed E-state index contributed by atoms with van der Waals surface area (Å²) in [7, 11) is 0. The predicted octanol–water partition coefficient (Wildman–Crippen LogP) is 1.86. The van der Waals surface area contributed by atoms with Gasteiger partial charge in [-0.2, -0.15) is 5.10 Å². The van der Waals surface area contributed by atoms with E-state index < -0.39 is 0 Å². The summed E-state index contributed by atoms with van der Waals surface area (Å²) in [5.74, 6) is 0.279. The standard InChI is InChI=1S/C14H14N6/c1-3-10(11-8-16-14(15)18-9(11)2)12-5-7-20-13(19-12)4-6-17-20/h3-8H,1-2H3,(H2,15,16,18)/b10-3+. The topological polar surface area (TPSA) is 82.0 Å². The minimum Gasteiger partial charge on any atom is -0.368 e. The van der Waals surface area contributed by atoms with Gasteiger partial charge in [-0.05, 0) is 19.9 Å². The minimum atomic E-state index is 0.279. The predicted molar refractivity (Wildman–Crippen MR) is 76.9 cm³/mol. The number of rotatable bonds is 2. The molecule has 0 aliphatic heterocycles. The zero-order valence-electron chi connectivity index (χ0n) is 11.3. The average Bonchev–Trinajstić information content (AvgIpc) is 2.89. The van der Waals surface area contributed by atoms with Gasteiger partial charge in [0.05, 0.1) is 17.6 Å². The number of anilines is 1. The number of nitrogen functional groups attached to an aromatic ring is 1. The lowest BCUT2D eigenvalue weighted by Crippen LogP contribution is -2.02. The molecule has 0 aliphatic carbocycles. The molecule has 0 radical (unpaired) electrons. The molecule has 0 fully saturated rings. The third kappa shape index (κ3) is 2.01. The van der Waals surface area contributed by atoms with Crippen LogP contribution in [0.2, 0.25) is 0 Å².